The van der Waals surface area contributed by atoms with Crippen LogP contribution in [0.5, 0.6) is 0 Å². The Hall–Kier alpha value is -5.52. The van der Waals surface area contributed by atoms with Crippen molar-refractivity contribution in [2.45, 2.75) is 71.3 Å². The summed E-state index contributed by atoms with van der Waals surface area (Å²) >= 11 is 12.0. The zero-order valence-corrected chi connectivity index (χ0v) is 43.4. The van der Waals surface area contributed by atoms with Crippen LogP contribution in [0.15, 0.2) is 97.8 Å². The summed E-state index contributed by atoms with van der Waals surface area (Å²) in [4.78, 5) is 61.9. The number of hydrogen-bond donors (Lipinski definition) is 5. The number of ketones is 1. The summed E-state index contributed by atoms with van der Waals surface area (Å²) in [7, 11) is 0. The maximum absolute atomic E-state index is 13.0. The molecular formula is C48H45BrCl2F6MgN10O4. The van der Waals surface area contributed by atoms with E-state index in [0.29, 0.717) is 29.2 Å². The normalized spacial score (nSPS) is 13.8. The molecule has 0 radical (unpaired) electrons. The Balaban J connectivity index is 0.000000290. The van der Waals surface area contributed by atoms with Gasteiger partial charge >= 0.3 is 35.4 Å². The molecule has 2 saturated carbocycles. The minimum atomic E-state index is -4.49. The second-order valence-corrected chi connectivity index (χ2v) is 17.2. The first-order valence-corrected chi connectivity index (χ1v) is 22.3. The van der Waals surface area contributed by atoms with E-state index in [-0.39, 0.29) is 114 Å². The number of carbonyl (C=O) groups is 3. The Morgan fingerprint density at radius 2 is 1.08 bits per heavy atom. The Kier molecular flexibility index (Phi) is 20.8. The summed E-state index contributed by atoms with van der Waals surface area (Å²) in [5.74, 6) is -0.563. The van der Waals surface area contributed by atoms with Crippen LogP contribution < -0.4 is 38.2 Å². The minimum Gasteiger partial charge on any atom is -1.00 e. The first-order chi connectivity index (χ1) is 33.1. The molecule has 5 N–H and O–H groups in total. The van der Waals surface area contributed by atoms with Crippen LogP contribution in [0.2, 0.25) is 10.3 Å². The van der Waals surface area contributed by atoms with Crippen LogP contribution >= 0.6 is 23.2 Å². The van der Waals surface area contributed by atoms with E-state index < -0.39 is 40.9 Å². The van der Waals surface area contributed by atoms with Gasteiger partial charge in [-0.15, -0.1) is 0 Å². The fourth-order valence-electron chi connectivity index (χ4n) is 6.89. The number of hydrogen-bond acceptors (Lipinski definition) is 12. The predicted molar refractivity (Wildman–Crippen MR) is 258 cm³/mol. The van der Waals surface area contributed by atoms with Gasteiger partial charge in [-0.1, -0.05) is 37.0 Å². The molecule has 6 aromatic heterocycles. The molecule has 2 amide bonds. The van der Waals surface area contributed by atoms with Crippen LogP contribution in [0, 0.1) is 24.2 Å². The van der Waals surface area contributed by atoms with E-state index in [1.807, 2.05) is 34.1 Å². The van der Waals surface area contributed by atoms with Crippen molar-refractivity contribution < 1.29 is 62.8 Å². The monoisotopic (exact) mass is 1110 g/mol. The van der Waals surface area contributed by atoms with E-state index in [2.05, 4.69) is 51.2 Å². The van der Waals surface area contributed by atoms with Gasteiger partial charge in [0.2, 0.25) is 0 Å². The Morgan fingerprint density at radius 1 is 0.639 bits per heavy atom. The quantitative estimate of drug-likeness (QED) is 0.0243. The number of aliphatic hydroxyl groups is 1. The summed E-state index contributed by atoms with van der Waals surface area (Å²) in [5, 5.41) is 22.9. The van der Waals surface area contributed by atoms with Gasteiger partial charge in [0.25, 0.3) is 11.8 Å². The molecule has 0 spiro atoms. The predicted octanol–water partition coefficient (Wildman–Crippen LogP) is 8.78. The first kappa shape index (κ1) is 59.0. The Labute approximate surface area is 446 Å². The van der Waals surface area contributed by atoms with Gasteiger partial charge in [-0.25, -0.2) is 29.9 Å². The third-order valence-corrected chi connectivity index (χ3v) is 11.1. The Morgan fingerprint density at radius 3 is 1.49 bits per heavy atom. The third kappa shape index (κ3) is 15.7. The molecule has 0 aliphatic heterocycles. The summed E-state index contributed by atoms with van der Waals surface area (Å²) in [6, 6.07) is 12.9. The van der Waals surface area contributed by atoms with Crippen molar-refractivity contribution in [3.05, 3.63) is 148 Å². The molecular weight excluding hydrogens is 1070 g/mol. The molecule has 24 heteroatoms. The van der Waals surface area contributed by atoms with Crippen molar-refractivity contribution in [2.75, 3.05) is 21.3 Å². The molecule has 8 rings (SSSR count). The zero-order valence-electron chi connectivity index (χ0n) is 38.8. The van der Waals surface area contributed by atoms with E-state index in [4.69, 9.17) is 23.2 Å². The number of anilines is 6. The number of rotatable bonds is 13. The van der Waals surface area contributed by atoms with Crippen molar-refractivity contribution in [3.8, 4) is 0 Å². The van der Waals surface area contributed by atoms with Crippen LogP contribution in [0.4, 0.5) is 61.0 Å². The number of aromatic nitrogens is 6. The Bertz CT molecular complexity index is 2820. The van der Waals surface area contributed by atoms with Gasteiger partial charge in [0.15, 0.2) is 5.78 Å². The van der Waals surface area contributed by atoms with E-state index in [1.54, 1.807) is 6.07 Å². The molecule has 376 valence electrons. The van der Waals surface area contributed by atoms with E-state index in [1.165, 1.54) is 61.2 Å². The maximum atomic E-state index is 13.0. The maximum Gasteiger partial charge on any atom is 2.00 e. The SMILES string of the molecule is CC(C)C(O)(c1cc(Cl)ncc1NC(=O)c1ccnc(Nc2ccc(C(F)(F)F)cn2)c1)C1CC1.C[CH-]C.O=C(Nc1cnc(Cl)cc1C(=O)C1CC1)c1ccnc(Nc2ccc(C(F)(F)F)cn2)c1.[Br-].[Mg+2]. The average molecular weight is 1120 g/mol. The van der Waals surface area contributed by atoms with Gasteiger partial charge in [-0.2, -0.15) is 40.2 Å². The summed E-state index contributed by atoms with van der Waals surface area (Å²) in [6.07, 6.45) is 3.26. The number of halogens is 9. The number of alkyl halides is 6. The molecule has 14 nitrogen and oxygen atoms in total. The molecule has 2 aliphatic rings. The van der Waals surface area contributed by atoms with Crippen molar-refractivity contribution in [1.29, 1.82) is 0 Å². The van der Waals surface area contributed by atoms with E-state index in [9.17, 15) is 45.8 Å². The molecule has 2 aliphatic carbocycles. The second-order valence-electron chi connectivity index (χ2n) is 16.5. The van der Waals surface area contributed by atoms with Gasteiger partial charge in [0.1, 0.15) is 33.6 Å². The standard InChI is InChI=1S/C24H23ClF3N5O2.C21H15ClF3N5O2.C3H7.BrH.Mg/c1-13(2)23(35,15-3-4-15)17-10-19(25)30-12-18(17)32-22(34)14-7-8-29-21(9-14)33-20-6-5-16(11-31-20)24(26,27)28;22-16-8-14(19(31)11-1-2-11)15(10-27-16)29-20(32)12-5-6-26-18(7-12)30-17-4-3-13(9-28-17)21(23,24)25;1-3-2;;/h5-13,15,35H,3-4H2,1-2H3,(H,32,34)(H,29,31,33);3-11H,1-2H2,(H,29,32)(H,26,28,30);3H,1-2H3;1H;/q;;-1;;+2/p-1. The molecule has 72 heavy (non-hydrogen) atoms. The topological polar surface area (TPSA) is 197 Å². The van der Waals surface area contributed by atoms with E-state index in [0.717, 1.165) is 43.9 Å². The van der Waals surface area contributed by atoms with Gasteiger partial charge in [-0.05, 0) is 98.2 Å². The minimum absolute atomic E-state index is 0. The zero-order chi connectivity index (χ0) is 51.0. The molecule has 1 atom stereocenters. The van der Waals surface area contributed by atoms with Gasteiger partial charge < -0.3 is 49.8 Å². The molecule has 2 fully saturated rings. The number of pyridine rings is 6. The van der Waals surface area contributed by atoms with Crippen molar-refractivity contribution in [2.24, 2.45) is 17.8 Å². The van der Waals surface area contributed by atoms with Gasteiger partial charge in [-0.3, -0.25) is 14.4 Å². The summed E-state index contributed by atoms with van der Waals surface area (Å²) < 4.78 is 76.2. The van der Waals surface area contributed by atoms with Crippen LogP contribution in [0.3, 0.4) is 0 Å². The number of nitrogens with one attached hydrogen (secondary N) is 4. The van der Waals surface area contributed by atoms with Crippen molar-refractivity contribution in [3.63, 3.8) is 0 Å². The molecule has 0 aromatic carbocycles. The summed E-state index contributed by atoms with van der Waals surface area (Å²) in [5.41, 5.74) is -1.10. The molecule has 0 bridgehead atoms. The van der Waals surface area contributed by atoms with E-state index >= 15 is 0 Å². The first-order valence-electron chi connectivity index (χ1n) is 21.6. The molecule has 6 aromatic rings. The van der Waals surface area contributed by atoms with Gasteiger partial charge in [0.05, 0.1) is 40.5 Å². The fourth-order valence-corrected chi connectivity index (χ4v) is 7.20. The van der Waals surface area contributed by atoms with Gasteiger partial charge in [0, 0.05) is 53.0 Å². The smallest absolute Gasteiger partial charge is 1.00 e. The number of Topliss-reactive ketones (excluding diaryl/α,β-unsaturated/α-hetero) is 1. The molecule has 0 saturated heterocycles. The van der Waals surface area contributed by atoms with Crippen LogP contribution in [-0.2, 0) is 18.0 Å². The van der Waals surface area contributed by atoms with Crippen LogP contribution in [-0.4, -0.2) is 75.7 Å². The summed E-state index contributed by atoms with van der Waals surface area (Å²) in [6.45, 7) is 7.82. The largest absolute Gasteiger partial charge is 2.00 e. The average Bonchev–Trinajstić information content (AvgIpc) is 4.25. The van der Waals surface area contributed by atoms with Crippen molar-refractivity contribution >= 4 is 98.5 Å². The number of carbonyl (C=O) groups excluding carboxylic acids is 3. The second kappa shape index (κ2) is 25.4. The molecule has 6 heterocycles. The van der Waals surface area contributed by atoms with Crippen LogP contribution in [0.1, 0.15) is 101 Å². The fraction of sp³-hybridized carbons (Fsp3) is 0.292. The molecule has 1 unspecified atom stereocenters. The van der Waals surface area contributed by atoms with Crippen molar-refractivity contribution in [1.82, 2.24) is 29.9 Å². The number of amides is 2. The third-order valence-electron chi connectivity index (χ3n) is 10.7. The number of nitrogens with zero attached hydrogens (tertiary/aromatic N) is 6. The van der Waals surface area contributed by atoms with Crippen LogP contribution in [0.25, 0.3) is 0 Å².